The van der Waals surface area contributed by atoms with E-state index in [9.17, 15) is 4.39 Å². The first-order chi connectivity index (χ1) is 7.83. The van der Waals surface area contributed by atoms with E-state index in [0.717, 1.165) is 31.4 Å². The molecule has 1 aromatic heterocycles. The topological polar surface area (TPSA) is 29.9 Å². The van der Waals surface area contributed by atoms with E-state index in [-0.39, 0.29) is 12.0 Å². The van der Waals surface area contributed by atoms with Crippen LogP contribution in [0.1, 0.15) is 43.7 Å². The van der Waals surface area contributed by atoms with E-state index in [0.29, 0.717) is 0 Å². The number of likely N-dealkylation sites (N-methyl/N-ethyl adjacent to an activating group) is 1. The van der Waals surface area contributed by atoms with Gasteiger partial charge in [0, 0.05) is 5.56 Å². The second-order valence-corrected chi connectivity index (χ2v) is 4.55. The van der Waals surface area contributed by atoms with Gasteiger partial charge in [-0.1, -0.05) is 19.3 Å². The zero-order valence-electron chi connectivity index (χ0n) is 9.88. The molecule has 0 bridgehead atoms. The molecule has 0 atom stereocenters. The van der Waals surface area contributed by atoms with Gasteiger partial charge in [-0.2, -0.15) is 9.49 Å². The van der Waals surface area contributed by atoms with Gasteiger partial charge < -0.3 is 5.32 Å². The summed E-state index contributed by atoms with van der Waals surface area (Å²) >= 11 is 0. The molecule has 1 N–H and O–H groups in total. The Labute approximate surface area is 96.0 Å². The lowest BCUT2D eigenvalue weighted by molar-refractivity contribution is 0.291. The van der Waals surface area contributed by atoms with Crippen molar-refractivity contribution in [2.45, 2.75) is 44.6 Å². The molecular weight excluding hydrogens is 205 g/mol. The van der Waals surface area contributed by atoms with Crippen molar-refractivity contribution < 1.29 is 4.39 Å². The fourth-order valence-corrected chi connectivity index (χ4v) is 2.39. The van der Waals surface area contributed by atoms with Crippen LogP contribution in [0.15, 0.2) is 6.20 Å². The van der Waals surface area contributed by atoms with Crippen LogP contribution in [0.3, 0.4) is 0 Å². The molecule has 16 heavy (non-hydrogen) atoms. The van der Waals surface area contributed by atoms with Gasteiger partial charge in [0.15, 0.2) is 0 Å². The van der Waals surface area contributed by atoms with Gasteiger partial charge in [-0.25, -0.2) is 4.68 Å². The summed E-state index contributed by atoms with van der Waals surface area (Å²) in [5.74, 6) is -0.123. The van der Waals surface area contributed by atoms with E-state index in [1.54, 1.807) is 10.9 Å². The summed E-state index contributed by atoms with van der Waals surface area (Å²) in [6, 6.07) is 0.289. The highest BCUT2D eigenvalue weighted by Crippen LogP contribution is 2.28. The summed E-state index contributed by atoms with van der Waals surface area (Å²) in [4.78, 5) is 0. The molecule has 90 valence electrons. The van der Waals surface area contributed by atoms with Gasteiger partial charge in [-0.15, -0.1) is 0 Å². The number of hydrogen-bond donors (Lipinski definition) is 1. The minimum absolute atomic E-state index is 0.123. The standard InChI is InChI=1S/C12H20FN3/c1-14-8-7-10-9-15-16(12(10)13)11-5-3-2-4-6-11/h9,11,14H,2-8H2,1H3. The normalized spacial score (nSPS) is 17.9. The monoisotopic (exact) mass is 225 g/mol. The van der Waals surface area contributed by atoms with Crippen LogP contribution in [0, 0.1) is 5.95 Å². The second-order valence-electron chi connectivity index (χ2n) is 4.55. The fourth-order valence-electron chi connectivity index (χ4n) is 2.39. The Balaban J connectivity index is 2.06. The Morgan fingerprint density at radius 1 is 1.44 bits per heavy atom. The van der Waals surface area contributed by atoms with E-state index in [2.05, 4.69) is 10.4 Å². The quantitative estimate of drug-likeness (QED) is 0.852. The molecule has 1 heterocycles. The molecule has 0 aliphatic heterocycles. The van der Waals surface area contributed by atoms with Crippen molar-refractivity contribution in [2.24, 2.45) is 0 Å². The predicted octanol–water partition coefficient (Wildman–Crippen LogP) is 2.29. The molecule has 1 fully saturated rings. The molecule has 1 aromatic rings. The molecule has 1 aliphatic carbocycles. The molecule has 3 nitrogen and oxygen atoms in total. The molecule has 4 heteroatoms. The van der Waals surface area contributed by atoms with Crippen LogP contribution < -0.4 is 5.32 Å². The van der Waals surface area contributed by atoms with Gasteiger partial charge in [0.2, 0.25) is 5.95 Å². The lowest BCUT2D eigenvalue weighted by Gasteiger charge is -2.22. The Hall–Kier alpha value is -0.900. The van der Waals surface area contributed by atoms with E-state index >= 15 is 0 Å². The van der Waals surface area contributed by atoms with Crippen molar-refractivity contribution >= 4 is 0 Å². The van der Waals surface area contributed by atoms with Crippen LogP contribution in [0.25, 0.3) is 0 Å². The van der Waals surface area contributed by atoms with Crippen molar-refractivity contribution in [3.63, 3.8) is 0 Å². The molecule has 0 aromatic carbocycles. The van der Waals surface area contributed by atoms with Gasteiger partial charge in [0.25, 0.3) is 0 Å². The second kappa shape index (κ2) is 5.43. The molecule has 0 amide bonds. The van der Waals surface area contributed by atoms with Crippen LogP contribution in [-0.2, 0) is 6.42 Å². The molecule has 0 radical (unpaired) electrons. The molecular formula is C12H20FN3. The van der Waals surface area contributed by atoms with E-state index in [4.69, 9.17) is 0 Å². The van der Waals surface area contributed by atoms with Crippen molar-refractivity contribution in [1.82, 2.24) is 15.1 Å². The molecule has 1 aliphatic rings. The molecule has 0 unspecified atom stereocenters. The largest absolute Gasteiger partial charge is 0.319 e. The Kier molecular flexibility index (Phi) is 3.93. The Bertz CT molecular complexity index is 329. The lowest BCUT2D eigenvalue weighted by Crippen LogP contribution is -2.16. The molecule has 1 saturated carbocycles. The predicted molar refractivity (Wildman–Crippen MR) is 61.9 cm³/mol. The molecule has 0 saturated heterocycles. The van der Waals surface area contributed by atoms with Crippen LogP contribution in [0.5, 0.6) is 0 Å². The maximum Gasteiger partial charge on any atom is 0.214 e. The van der Waals surface area contributed by atoms with Crippen molar-refractivity contribution in [2.75, 3.05) is 13.6 Å². The van der Waals surface area contributed by atoms with Gasteiger partial charge >= 0.3 is 0 Å². The minimum Gasteiger partial charge on any atom is -0.319 e. The van der Waals surface area contributed by atoms with E-state index in [1.807, 2.05) is 7.05 Å². The Morgan fingerprint density at radius 2 is 2.19 bits per heavy atom. The van der Waals surface area contributed by atoms with Crippen LogP contribution >= 0.6 is 0 Å². The number of halogens is 1. The van der Waals surface area contributed by atoms with Crippen molar-refractivity contribution in [3.05, 3.63) is 17.7 Å². The van der Waals surface area contributed by atoms with Crippen LogP contribution in [0.2, 0.25) is 0 Å². The summed E-state index contributed by atoms with van der Waals surface area (Å²) in [5, 5.41) is 7.23. The SMILES string of the molecule is CNCCc1cnn(C2CCCCC2)c1F. The first-order valence-electron chi connectivity index (χ1n) is 6.19. The highest BCUT2D eigenvalue weighted by molar-refractivity contribution is 5.08. The summed E-state index contributed by atoms with van der Waals surface area (Å²) in [6.45, 7) is 0.799. The van der Waals surface area contributed by atoms with E-state index in [1.165, 1.54) is 19.3 Å². The molecule has 2 rings (SSSR count). The van der Waals surface area contributed by atoms with Gasteiger partial charge in [0.05, 0.1) is 12.2 Å². The maximum atomic E-state index is 14.0. The third-order valence-electron chi connectivity index (χ3n) is 3.37. The smallest absolute Gasteiger partial charge is 0.214 e. The lowest BCUT2D eigenvalue weighted by atomic mass is 9.96. The average molecular weight is 225 g/mol. The fraction of sp³-hybridized carbons (Fsp3) is 0.750. The van der Waals surface area contributed by atoms with Crippen molar-refractivity contribution in [3.8, 4) is 0 Å². The summed E-state index contributed by atoms with van der Waals surface area (Å²) in [7, 11) is 1.88. The number of aromatic nitrogens is 2. The Morgan fingerprint density at radius 3 is 2.88 bits per heavy atom. The summed E-state index contributed by atoms with van der Waals surface area (Å²) in [6.07, 6.45) is 8.24. The number of rotatable bonds is 4. The average Bonchev–Trinajstić information content (AvgIpc) is 2.69. The van der Waals surface area contributed by atoms with Crippen LogP contribution in [0.4, 0.5) is 4.39 Å². The third-order valence-corrected chi connectivity index (χ3v) is 3.37. The number of nitrogens with zero attached hydrogens (tertiary/aromatic N) is 2. The van der Waals surface area contributed by atoms with Gasteiger partial charge in [0.1, 0.15) is 0 Å². The highest BCUT2D eigenvalue weighted by Gasteiger charge is 2.20. The third kappa shape index (κ3) is 2.43. The first kappa shape index (κ1) is 11.6. The summed E-state index contributed by atoms with van der Waals surface area (Å²) in [5.41, 5.74) is 0.736. The van der Waals surface area contributed by atoms with Gasteiger partial charge in [-0.05, 0) is 32.9 Å². The first-order valence-corrected chi connectivity index (χ1v) is 6.19. The number of hydrogen-bond acceptors (Lipinski definition) is 2. The number of nitrogens with one attached hydrogen (secondary N) is 1. The van der Waals surface area contributed by atoms with E-state index < -0.39 is 0 Å². The minimum atomic E-state index is -0.123. The highest BCUT2D eigenvalue weighted by atomic mass is 19.1. The zero-order chi connectivity index (χ0) is 11.4. The maximum absolute atomic E-state index is 14.0. The summed E-state index contributed by atoms with van der Waals surface area (Å²) < 4.78 is 15.6. The van der Waals surface area contributed by atoms with Crippen LogP contribution in [-0.4, -0.2) is 23.4 Å². The molecule has 0 spiro atoms. The zero-order valence-corrected chi connectivity index (χ0v) is 9.88. The van der Waals surface area contributed by atoms with Crippen molar-refractivity contribution in [1.29, 1.82) is 0 Å². The van der Waals surface area contributed by atoms with Gasteiger partial charge in [-0.3, -0.25) is 0 Å².